The first kappa shape index (κ1) is 11.6. The van der Waals surface area contributed by atoms with Gasteiger partial charge < -0.3 is 11.1 Å². The van der Waals surface area contributed by atoms with Crippen molar-refractivity contribution >= 4 is 17.5 Å². The summed E-state index contributed by atoms with van der Waals surface area (Å²) in [6, 6.07) is 0. The zero-order chi connectivity index (χ0) is 12.5. The van der Waals surface area contributed by atoms with Crippen LogP contribution < -0.4 is 11.1 Å². The second-order valence-electron chi connectivity index (χ2n) is 4.43. The largest absolute Gasteiger partial charge is 0.378 e. The molecule has 0 aliphatic heterocycles. The number of nitrogens with one attached hydrogen (secondary N) is 1. The van der Waals surface area contributed by atoms with E-state index in [2.05, 4.69) is 22.2 Å². The molecule has 17 heavy (non-hydrogen) atoms. The van der Waals surface area contributed by atoms with Crippen molar-refractivity contribution in [2.45, 2.75) is 26.2 Å². The van der Waals surface area contributed by atoms with Gasteiger partial charge >= 0.3 is 5.69 Å². The predicted molar refractivity (Wildman–Crippen MR) is 63.5 cm³/mol. The van der Waals surface area contributed by atoms with Gasteiger partial charge in [-0.05, 0) is 24.7 Å². The van der Waals surface area contributed by atoms with E-state index in [1.807, 2.05) is 0 Å². The lowest BCUT2D eigenvalue weighted by atomic mass is 10.0. The lowest BCUT2D eigenvalue weighted by Crippen LogP contribution is -2.16. The SMILES string of the molecule is CCC1(CNc2ncc([N+](=O)[O-])c(N)n2)CC1. The number of anilines is 2. The number of hydrogen-bond acceptors (Lipinski definition) is 6. The van der Waals surface area contributed by atoms with Gasteiger partial charge in [-0.1, -0.05) is 6.92 Å². The molecule has 0 bridgehead atoms. The second kappa shape index (κ2) is 4.15. The number of nitro groups is 1. The Morgan fingerprint density at radius 2 is 2.35 bits per heavy atom. The van der Waals surface area contributed by atoms with Gasteiger partial charge in [0.25, 0.3) is 0 Å². The number of rotatable bonds is 5. The van der Waals surface area contributed by atoms with Gasteiger partial charge in [-0.25, -0.2) is 4.98 Å². The Labute approximate surface area is 98.6 Å². The lowest BCUT2D eigenvalue weighted by molar-refractivity contribution is -0.384. The molecule has 7 nitrogen and oxygen atoms in total. The van der Waals surface area contributed by atoms with Crippen LogP contribution in [-0.4, -0.2) is 21.4 Å². The molecular weight excluding hydrogens is 222 g/mol. The van der Waals surface area contributed by atoms with Crippen LogP contribution in [0.4, 0.5) is 17.5 Å². The first-order chi connectivity index (χ1) is 8.06. The van der Waals surface area contributed by atoms with Crippen LogP contribution in [-0.2, 0) is 0 Å². The van der Waals surface area contributed by atoms with Gasteiger partial charge in [0.1, 0.15) is 6.20 Å². The smallest absolute Gasteiger partial charge is 0.329 e. The Morgan fingerprint density at radius 1 is 1.65 bits per heavy atom. The van der Waals surface area contributed by atoms with Crippen LogP contribution in [0.15, 0.2) is 6.20 Å². The predicted octanol–water partition coefficient (Wildman–Crippen LogP) is 1.57. The summed E-state index contributed by atoms with van der Waals surface area (Å²) in [6.45, 7) is 2.94. The number of hydrogen-bond donors (Lipinski definition) is 2. The van der Waals surface area contributed by atoms with Crippen LogP contribution in [0.2, 0.25) is 0 Å². The highest BCUT2D eigenvalue weighted by Gasteiger charge is 2.40. The van der Waals surface area contributed by atoms with Gasteiger partial charge in [0.05, 0.1) is 4.92 Å². The van der Waals surface area contributed by atoms with Crippen molar-refractivity contribution in [2.24, 2.45) is 5.41 Å². The third kappa shape index (κ3) is 2.43. The van der Waals surface area contributed by atoms with Crippen molar-refractivity contribution in [2.75, 3.05) is 17.6 Å². The van der Waals surface area contributed by atoms with Gasteiger partial charge in [-0.3, -0.25) is 10.1 Å². The first-order valence-corrected chi connectivity index (χ1v) is 5.57. The average molecular weight is 237 g/mol. The first-order valence-electron chi connectivity index (χ1n) is 5.57. The summed E-state index contributed by atoms with van der Waals surface area (Å²) in [4.78, 5) is 17.7. The summed E-state index contributed by atoms with van der Waals surface area (Å²) in [5.41, 5.74) is 5.58. The van der Waals surface area contributed by atoms with Crippen LogP contribution in [0.5, 0.6) is 0 Å². The Kier molecular flexibility index (Phi) is 2.83. The number of nitrogens with two attached hydrogens (primary N) is 1. The molecule has 0 saturated heterocycles. The van der Waals surface area contributed by atoms with E-state index in [9.17, 15) is 10.1 Å². The van der Waals surface area contributed by atoms with Gasteiger partial charge in [0, 0.05) is 6.54 Å². The van der Waals surface area contributed by atoms with E-state index in [0.717, 1.165) is 19.2 Å². The maximum atomic E-state index is 10.5. The summed E-state index contributed by atoms with van der Waals surface area (Å²) in [5.74, 6) is 0.252. The van der Waals surface area contributed by atoms with Gasteiger partial charge in [0.2, 0.25) is 11.8 Å². The highest BCUT2D eigenvalue weighted by molar-refractivity contribution is 5.53. The molecule has 1 aliphatic carbocycles. The summed E-state index contributed by atoms with van der Waals surface area (Å²) in [5, 5.41) is 13.6. The van der Waals surface area contributed by atoms with E-state index >= 15 is 0 Å². The molecule has 0 amide bonds. The van der Waals surface area contributed by atoms with E-state index in [1.165, 1.54) is 12.8 Å². The molecule has 92 valence electrons. The Bertz CT molecular complexity index is 444. The third-order valence-electron chi connectivity index (χ3n) is 3.32. The second-order valence-corrected chi connectivity index (χ2v) is 4.43. The highest BCUT2D eigenvalue weighted by atomic mass is 16.6. The molecule has 0 atom stereocenters. The van der Waals surface area contributed by atoms with Crippen LogP contribution >= 0.6 is 0 Å². The van der Waals surface area contributed by atoms with E-state index in [1.54, 1.807) is 0 Å². The van der Waals surface area contributed by atoms with Crippen molar-refractivity contribution in [3.63, 3.8) is 0 Å². The lowest BCUT2D eigenvalue weighted by Gasteiger charge is -2.13. The van der Waals surface area contributed by atoms with Crippen molar-refractivity contribution in [3.05, 3.63) is 16.3 Å². The molecule has 1 aliphatic rings. The molecule has 0 radical (unpaired) electrons. The number of aromatic nitrogens is 2. The fraction of sp³-hybridized carbons (Fsp3) is 0.600. The molecule has 0 unspecified atom stereocenters. The maximum Gasteiger partial charge on any atom is 0.329 e. The van der Waals surface area contributed by atoms with Crippen LogP contribution in [0.25, 0.3) is 0 Å². The van der Waals surface area contributed by atoms with Crippen LogP contribution in [0, 0.1) is 15.5 Å². The Morgan fingerprint density at radius 3 is 2.82 bits per heavy atom. The molecule has 0 aromatic carbocycles. The molecule has 1 aromatic rings. The van der Waals surface area contributed by atoms with Gasteiger partial charge in [-0.15, -0.1) is 0 Å². The quantitative estimate of drug-likeness (QED) is 0.594. The van der Waals surface area contributed by atoms with E-state index in [0.29, 0.717) is 11.4 Å². The molecule has 1 saturated carbocycles. The van der Waals surface area contributed by atoms with Gasteiger partial charge in [-0.2, -0.15) is 4.98 Å². The summed E-state index contributed by atoms with van der Waals surface area (Å²) >= 11 is 0. The van der Waals surface area contributed by atoms with E-state index < -0.39 is 4.92 Å². The molecule has 1 heterocycles. The Hall–Kier alpha value is -1.92. The zero-order valence-corrected chi connectivity index (χ0v) is 9.64. The summed E-state index contributed by atoms with van der Waals surface area (Å²) < 4.78 is 0. The minimum Gasteiger partial charge on any atom is -0.378 e. The minimum atomic E-state index is -0.590. The molecular formula is C10H15N5O2. The highest BCUT2D eigenvalue weighted by Crippen LogP contribution is 2.48. The van der Waals surface area contributed by atoms with Crippen LogP contribution in [0.1, 0.15) is 26.2 Å². The number of nitrogen functional groups attached to an aromatic ring is 1. The zero-order valence-electron chi connectivity index (χ0n) is 9.64. The van der Waals surface area contributed by atoms with E-state index in [4.69, 9.17) is 5.73 Å². The van der Waals surface area contributed by atoms with Crippen molar-refractivity contribution in [1.29, 1.82) is 0 Å². The fourth-order valence-electron chi connectivity index (χ4n) is 1.71. The molecule has 7 heteroatoms. The third-order valence-corrected chi connectivity index (χ3v) is 3.32. The monoisotopic (exact) mass is 237 g/mol. The average Bonchev–Trinajstić information content (AvgIpc) is 3.07. The molecule has 2 rings (SSSR count). The molecule has 1 aromatic heterocycles. The summed E-state index contributed by atoms with van der Waals surface area (Å²) in [6.07, 6.45) is 4.66. The number of nitrogens with zero attached hydrogens (tertiary/aromatic N) is 3. The van der Waals surface area contributed by atoms with Crippen molar-refractivity contribution < 1.29 is 4.92 Å². The standard InChI is InChI=1S/C10H15N5O2/c1-2-10(3-4-10)6-13-9-12-5-7(15(16)17)8(11)14-9/h5H,2-4,6H2,1H3,(H3,11,12,13,14). The maximum absolute atomic E-state index is 10.5. The molecule has 3 N–H and O–H groups in total. The minimum absolute atomic E-state index is 0.103. The van der Waals surface area contributed by atoms with Crippen LogP contribution in [0.3, 0.4) is 0 Å². The topological polar surface area (TPSA) is 107 Å². The molecule has 0 spiro atoms. The Balaban J connectivity index is 2.03. The normalized spacial score (nSPS) is 16.5. The van der Waals surface area contributed by atoms with E-state index in [-0.39, 0.29) is 11.5 Å². The van der Waals surface area contributed by atoms with Crippen molar-refractivity contribution in [1.82, 2.24) is 9.97 Å². The van der Waals surface area contributed by atoms with Gasteiger partial charge in [0.15, 0.2) is 0 Å². The summed E-state index contributed by atoms with van der Waals surface area (Å²) in [7, 11) is 0. The van der Waals surface area contributed by atoms with Crippen molar-refractivity contribution in [3.8, 4) is 0 Å². The fourth-order valence-corrected chi connectivity index (χ4v) is 1.71. The molecule has 1 fully saturated rings.